The Bertz CT molecular complexity index is 1090. The highest BCUT2D eigenvalue weighted by Gasteiger charge is 2.30. The van der Waals surface area contributed by atoms with Gasteiger partial charge in [0.25, 0.3) is 0 Å². The van der Waals surface area contributed by atoms with Gasteiger partial charge in [0.05, 0.1) is 0 Å². The van der Waals surface area contributed by atoms with Gasteiger partial charge in [-0.1, -0.05) is 0 Å². The second kappa shape index (κ2) is 6.83. The number of carbonyl (C=O) groups is 1. The normalized spacial score (nSPS) is 18.6. The molecule has 0 spiro atoms. The van der Waals surface area contributed by atoms with Gasteiger partial charge in [-0.15, -0.1) is 0 Å². The Morgan fingerprint density at radius 1 is 1.28 bits per heavy atom. The summed E-state index contributed by atoms with van der Waals surface area (Å²) in [7, 11) is 2.00. The average Bonchev–Trinajstić information content (AvgIpc) is 3.53. The van der Waals surface area contributed by atoms with Crippen LogP contribution in [0, 0.1) is 5.82 Å². The smallest absolute Gasteiger partial charge is 0.323 e. The number of halogens is 1. The first-order valence-electron chi connectivity index (χ1n) is 10.1. The van der Waals surface area contributed by atoms with Crippen LogP contribution in [0.2, 0.25) is 0 Å². The van der Waals surface area contributed by atoms with E-state index in [1.165, 1.54) is 30.5 Å². The number of aromatic nitrogens is 3. The summed E-state index contributed by atoms with van der Waals surface area (Å²) in [5.74, 6) is 0.129. The predicted octanol–water partition coefficient (Wildman–Crippen LogP) is 3.53. The lowest BCUT2D eigenvalue weighted by Crippen LogP contribution is -2.37. The van der Waals surface area contributed by atoms with Crippen LogP contribution in [-0.2, 0) is 24.2 Å². The van der Waals surface area contributed by atoms with Crippen LogP contribution in [0.1, 0.15) is 42.0 Å². The molecule has 1 unspecified atom stereocenters. The maximum absolute atomic E-state index is 14.0. The molecule has 1 atom stereocenters. The van der Waals surface area contributed by atoms with E-state index < -0.39 is 5.97 Å². The fourth-order valence-corrected chi connectivity index (χ4v) is 4.55. The van der Waals surface area contributed by atoms with E-state index in [-0.39, 0.29) is 18.4 Å². The molecule has 0 aliphatic heterocycles. The molecule has 6 nitrogen and oxygen atoms in total. The molecule has 1 fully saturated rings. The average molecular weight is 394 g/mol. The van der Waals surface area contributed by atoms with Gasteiger partial charge in [-0.05, 0) is 67.3 Å². The van der Waals surface area contributed by atoms with Crippen LogP contribution >= 0.6 is 0 Å². The molecule has 2 aromatic heterocycles. The molecule has 29 heavy (non-hydrogen) atoms. The minimum absolute atomic E-state index is 0.107. The summed E-state index contributed by atoms with van der Waals surface area (Å²) >= 11 is 0. The van der Waals surface area contributed by atoms with E-state index in [9.17, 15) is 14.3 Å². The minimum atomic E-state index is -0.891. The number of anilines is 1. The van der Waals surface area contributed by atoms with Crippen molar-refractivity contribution < 1.29 is 14.3 Å². The topological polar surface area (TPSA) is 71.2 Å². The molecule has 0 radical (unpaired) electrons. The highest BCUT2D eigenvalue weighted by atomic mass is 19.1. The number of benzene rings is 1. The fourth-order valence-electron chi connectivity index (χ4n) is 4.55. The molecule has 1 aromatic carbocycles. The summed E-state index contributed by atoms with van der Waals surface area (Å²) in [5.41, 5.74) is 4.04. The standard InChI is InChI=1S/C22H23FN4O2/c1-26(22-24-10-14(11-25-22)13-2-3-13)16-5-7-20-18(9-16)17-8-15(23)4-6-19(17)27(20)12-21(28)29/h4,6,8,10-11,13,16H,2-3,5,7,9,12H2,1H3,(H,28,29). The van der Waals surface area contributed by atoms with E-state index >= 15 is 0 Å². The number of likely N-dealkylation sites (N-methyl/N-ethyl adjacent to an activating group) is 1. The molecular formula is C22H23FN4O2. The van der Waals surface area contributed by atoms with E-state index in [1.807, 2.05) is 24.0 Å². The lowest BCUT2D eigenvalue weighted by molar-refractivity contribution is -0.137. The fraction of sp³-hybridized carbons (Fsp3) is 0.409. The van der Waals surface area contributed by atoms with Gasteiger partial charge in [-0.3, -0.25) is 4.79 Å². The van der Waals surface area contributed by atoms with Crippen molar-refractivity contribution >= 4 is 22.8 Å². The Labute approximate surface area is 168 Å². The van der Waals surface area contributed by atoms with E-state index in [2.05, 4.69) is 14.9 Å². The number of nitrogens with zero attached hydrogens (tertiary/aromatic N) is 4. The first-order valence-corrected chi connectivity index (χ1v) is 10.1. The summed E-state index contributed by atoms with van der Waals surface area (Å²) in [6, 6.07) is 4.78. The molecule has 2 heterocycles. The summed E-state index contributed by atoms with van der Waals surface area (Å²) < 4.78 is 15.8. The number of aliphatic carboxylic acids is 1. The number of hydrogen-bond acceptors (Lipinski definition) is 4. The van der Waals surface area contributed by atoms with E-state index in [1.54, 1.807) is 6.07 Å². The number of hydrogen-bond donors (Lipinski definition) is 1. The summed E-state index contributed by atoms with van der Waals surface area (Å²) in [4.78, 5) is 22.6. The molecule has 2 aliphatic carbocycles. The summed E-state index contributed by atoms with van der Waals surface area (Å²) in [5, 5.41) is 10.1. The van der Waals surface area contributed by atoms with Crippen LogP contribution in [0.3, 0.4) is 0 Å². The Kier molecular flexibility index (Phi) is 4.26. The van der Waals surface area contributed by atoms with Crippen LogP contribution in [0.25, 0.3) is 10.9 Å². The summed E-state index contributed by atoms with van der Waals surface area (Å²) in [6.45, 7) is -0.107. The van der Waals surface area contributed by atoms with Gasteiger partial charge in [0, 0.05) is 42.1 Å². The van der Waals surface area contributed by atoms with Gasteiger partial charge in [0.2, 0.25) is 5.95 Å². The molecule has 1 N–H and O–H groups in total. The van der Waals surface area contributed by atoms with E-state index in [4.69, 9.17) is 0 Å². The van der Waals surface area contributed by atoms with Crippen molar-refractivity contribution in [2.24, 2.45) is 0 Å². The third-order valence-electron chi connectivity index (χ3n) is 6.27. The first-order chi connectivity index (χ1) is 14.0. The second-order valence-electron chi connectivity index (χ2n) is 8.16. The van der Waals surface area contributed by atoms with Crippen molar-refractivity contribution in [3.05, 3.63) is 53.2 Å². The Balaban J connectivity index is 1.47. The van der Waals surface area contributed by atoms with Crippen molar-refractivity contribution in [1.82, 2.24) is 14.5 Å². The van der Waals surface area contributed by atoms with Crippen LogP contribution in [-0.4, -0.2) is 38.7 Å². The van der Waals surface area contributed by atoms with Crippen LogP contribution in [0.5, 0.6) is 0 Å². The molecule has 0 saturated heterocycles. The maximum atomic E-state index is 14.0. The van der Waals surface area contributed by atoms with Gasteiger partial charge >= 0.3 is 5.97 Å². The van der Waals surface area contributed by atoms with Gasteiger partial charge in [-0.2, -0.15) is 0 Å². The second-order valence-corrected chi connectivity index (χ2v) is 8.16. The monoisotopic (exact) mass is 394 g/mol. The third kappa shape index (κ3) is 3.24. The molecular weight excluding hydrogens is 371 g/mol. The van der Waals surface area contributed by atoms with Gasteiger partial charge in [0.1, 0.15) is 12.4 Å². The van der Waals surface area contributed by atoms with Crippen molar-refractivity contribution in [3.8, 4) is 0 Å². The quantitative estimate of drug-likeness (QED) is 0.717. The number of fused-ring (bicyclic) bond motifs is 3. The Morgan fingerprint density at radius 3 is 2.72 bits per heavy atom. The first kappa shape index (κ1) is 18.1. The van der Waals surface area contributed by atoms with E-state index in [0.29, 0.717) is 18.3 Å². The molecule has 1 saturated carbocycles. The van der Waals surface area contributed by atoms with Crippen LogP contribution in [0.4, 0.5) is 10.3 Å². The zero-order chi connectivity index (χ0) is 20.1. The highest BCUT2D eigenvalue weighted by molar-refractivity contribution is 5.87. The molecule has 150 valence electrons. The molecule has 5 rings (SSSR count). The van der Waals surface area contributed by atoms with Gasteiger partial charge < -0.3 is 14.6 Å². The van der Waals surface area contributed by atoms with Crippen LogP contribution in [0.15, 0.2) is 30.6 Å². The van der Waals surface area contributed by atoms with Crippen LogP contribution < -0.4 is 4.90 Å². The van der Waals surface area contributed by atoms with E-state index in [0.717, 1.165) is 35.0 Å². The van der Waals surface area contributed by atoms with Crippen molar-refractivity contribution in [1.29, 1.82) is 0 Å². The van der Waals surface area contributed by atoms with Gasteiger partial charge in [-0.25, -0.2) is 14.4 Å². The van der Waals surface area contributed by atoms with Crippen molar-refractivity contribution in [3.63, 3.8) is 0 Å². The Hall–Kier alpha value is -2.96. The zero-order valence-electron chi connectivity index (χ0n) is 16.3. The molecule has 2 aliphatic rings. The SMILES string of the molecule is CN(c1ncc(C2CC2)cn1)C1CCc2c(c3cc(F)ccc3n2CC(=O)O)C1. The predicted molar refractivity (Wildman–Crippen MR) is 108 cm³/mol. The Morgan fingerprint density at radius 2 is 2.03 bits per heavy atom. The number of carboxylic acids is 1. The molecule has 3 aromatic rings. The van der Waals surface area contributed by atoms with Crippen molar-refractivity contribution in [2.75, 3.05) is 11.9 Å². The molecule has 7 heteroatoms. The maximum Gasteiger partial charge on any atom is 0.323 e. The minimum Gasteiger partial charge on any atom is -0.480 e. The number of carboxylic acid groups (broad SMARTS) is 1. The van der Waals surface area contributed by atoms with Gasteiger partial charge in [0.15, 0.2) is 0 Å². The van der Waals surface area contributed by atoms with Crippen molar-refractivity contribution in [2.45, 2.75) is 50.6 Å². The number of rotatable bonds is 5. The zero-order valence-corrected chi connectivity index (χ0v) is 16.3. The molecule has 0 bridgehead atoms. The lowest BCUT2D eigenvalue weighted by atomic mass is 9.90. The highest BCUT2D eigenvalue weighted by Crippen LogP contribution is 2.39. The lowest BCUT2D eigenvalue weighted by Gasteiger charge is -2.32. The third-order valence-corrected chi connectivity index (χ3v) is 6.27. The summed E-state index contributed by atoms with van der Waals surface area (Å²) in [6.07, 6.45) is 8.63. The largest absolute Gasteiger partial charge is 0.480 e. The molecule has 0 amide bonds.